The van der Waals surface area contributed by atoms with Gasteiger partial charge in [-0.2, -0.15) is 0 Å². The highest BCUT2D eigenvalue weighted by molar-refractivity contribution is 6.04. The van der Waals surface area contributed by atoms with Crippen LogP contribution in [-0.4, -0.2) is 14.2 Å². The summed E-state index contributed by atoms with van der Waals surface area (Å²) in [6, 6.07) is 21.5. The van der Waals surface area contributed by atoms with Gasteiger partial charge in [0, 0.05) is 22.9 Å². The topological polar surface area (TPSA) is 92.0 Å². The highest BCUT2D eigenvalue weighted by Gasteiger charge is 2.18. The van der Waals surface area contributed by atoms with Gasteiger partial charge in [-0.1, -0.05) is 36.4 Å². The highest BCUT2D eigenvalue weighted by Crippen LogP contribution is 2.34. The average molecular weight is 466 g/mol. The van der Waals surface area contributed by atoms with Crippen LogP contribution in [0.25, 0.3) is 55.4 Å². The summed E-state index contributed by atoms with van der Waals surface area (Å²) < 4.78 is 27.8. The molecule has 0 aliphatic heterocycles. The second-order valence-corrected chi connectivity index (χ2v) is 8.01. The Morgan fingerprint density at radius 1 is 0.629 bits per heavy atom. The molecule has 6 aromatic rings. The van der Waals surface area contributed by atoms with E-state index in [1.165, 1.54) is 14.2 Å². The largest absolute Gasteiger partial charge is 0.496 e. The molecule has 0 unspecified atom stereocenters. The van der Waals surface area contributed by atoms with E-state index in [9.17, 15) is 9.59 Å². The van der Waals surface area contributed by atoms with Crippen LogP contribution >= 0.6 is 0 Å². The molecular formula is C28H18O7. The molecule has 0 aliphatic carbocycles. The summed E-state index contributed by atoms with van der Waals surface area (Å²) in [6.07, 6.45) is 0. The van der Waals surface area contributed by atoms with Crippen LogP contribution in [0.15, 0.2) is 95.6 Å². The van der Waals surface area contributed by atoms with Crippen molar-refractivity contribution >= 4 is 32.7 Å². The van der Waals surface area contributed by atoms with E-state index in [2.05, 4.69) is 0 Å². The molecule has 3 aromatic heterocycles. The fraction of sp³-hybridized carbons (Fsp3) is 0.0714. The second kappa shape index (κ2) is 7.92. The van der Waals surface area contributed by atoms with E-state index in [4.69, 9.17) is 22.7 Å². The van der Waals surface area contributed by atoms with Crippen molar-refractivity contribution in [1.29, 1.82) is 0 Å². The van der Waals surface area contributed by atoms with Gasteiger partial charge in [0.15, 0.2) is 0 Å². The van der Waals surface area contributed by atoms with E-state index in [1.807, 2.05) is 36.4 Å². The maximum absolute atomic E-state index is 12.9. The Morgan fingerprint density at radius 3 is 2.11 bits per heavy atom. The quantitative estimate of drug-likeness (QED) is 0.232. The summed E-state index contributed by atoms with van der Waals surface area (Å²) in [5.41, 5.74) is 0.167. The lowest BCUT2D eigenvalue weighted by Crippen LogP contribution is -2.03. The maximum atomic E-state index is 12.9. The molecule has 3 aromatic carbocycles. The van der Waals surface area contributed by atoms with Crippen molar-refractivity contribution in [2.45, 2.75) is 0 Å². The predicted molar refractivity (Wildman–Crippen MR) is 132 cm³/mol. The van der Waals surface area contributed by atoms with Crippen molar-refractivity contribution in [2.24, 2.45) is 0 Å². The van der Waals surface area contributed by atoms with Crippen molar-refractivity contribution in [3.63, 3.8) is 0 Å². The molecule has 0 N–H and O–H groups in total. The van der Waals surface area contributed by atoms with Gasteiger partial charge in [-0.15, -0.1) is 0 Å². The van der Waals surface area contributed by atoms with Crippen LogP contribution in [0.1, 0.15) is 0 Å². The number of hydrogen-bond acceptors (Lipinski definition) is 7. The van der Waals surface area contributed by atoms with Crippen LogP contribution in [0.2, 0.25) is 0 Å². The summed E-state index contributed by atoms with van der Waals surface area (Å²) in [7, 11) is 3.04. The average Bonchev–Trinajstić information content (AvgIpc) is 3.36. The van der Waals surface area contributed by atoms with Crippen LogP contribution in [0.4, 0.5) is 0 Å². The predicted octanol–water partition coefficient (Wildman–Crippen LogP) is 6.00. The van der Waals surface area contributed by atoms with Crippen molar-refractivity contribution in [3.8, 4) is 34.1 Å². The summed E-state index contributed by atoms with van der Waals surface area (Å²) in [4.78, 5) is 25.6. The van der Waals surface area contributed by atoms with Gasteiger partial charge in [-0.25, -0.2) is 9.59 Å². The van der Waals surface area contributed by atoms with Crippen LogP contribution in [0.3, 0.4) is 0 Å². The standard InChI is InChI=1S/C28H18O7/c1-31-17-12-24(32-2)19-14-21(27(29)34-25(19)13-17)23-10-9-22(33-23)20-11-16-8-7-15-5-3-4-6-18(15)26(16)35-28(20)30/h3-14H,1-2H3. The van der Waals surface area contributed by atoms with Gasteiger partial charge in [0.1, 0.15) is 45.3 Å². The number of furan rings is 1. The first-order chi connectivity index (χ1) is 17.1. The summed E-state index contributed by atoms with van der Waals surface area (Å²) in [5, 5.41) is 3.18. The van der Waals surface area contributed by atoms with Gasteiger partial charge in [0.2, 0.25) is 0 Å². The molecule has 0 spiro atoms. The number of rotatable bonds is 4. The number of fused-ring (bicyclic) bond motifs is 4. The monoisotopic (exact) mass is 466 g/mol. The molecule has 0 atom stereocenters. The third-order valence-electron chi connectivity index (χ3n) is 6.01. The van der Waals surface area contributed by atoms with Gasteiger partial charge in [-0.05, 0) is 29.7 Å². The van der Waals surface area contributed by atoms with Crippen LogP contribution in [-0.2, 0) is 0 Å². The lowest BCUT2D eigenvalue weighted by molar-refractivity contribution is 0.396. The second-order valence-electron chi connectivity index (χ2n) is 8.01. The van der Waals surface area contributed by atoms with Crippen molar-refractivity contribution < 1.29 is 22.7 Å². The van der Waals surface area contributed by atoms with E-state index in [0.29, 0.717) is 28.1 Å². The number of hydrogen-bond donors (Lipinski definition) is 0. The third-order valence-corrected chi connectivity index (χ3v) is 6.01. The molecule has 0 amide bonds. The minimum Gasteiger partial charge on any atom is -0.496 e. The van der Waals surface area contributed by atoms with Gasteiger partial charge in [-0.3, -0.25) is 0 Å². The van der Waals surface area contributed by atoms with Gasteiger partial charge in [0.05, 0.1) is 19.6 Å². The molecule has 172 valence electrons. The fourth-order valence-electron chi connectivity index (χ4n) is 4.27. The van der Waals surface area contributed by atoms with Crippen LogP contribution in [0.5, 0.6) is 11.5 Å². The zero-order valence-corrected chi connectivity index (χ0v) is 18.8. The molecule has 6 rings (SSSR count). The van der Waals surface area contributed by atoms with Gasteiger partial charge in [0.25, 0.3) is 0 Å². The first-order valence-corrected chi connectivity index (χ1v) is 10.8. The van der Waals surface area contributed by atoms with E-state index in [1.54, 1.807) is 36.4 Å². The number of methoxy groups -OCH3 is 2. The van der Waals surface area contributed by atoms with Crippen molar-refractivity contribution in [1.82, 2.24) is 0 Å². The molecule has 0 radical (unpaired) electrons. The minimum absolute atomic E-state index is 0.198. The first kappa shape index (κ1) is 20.8. The lowest BCUT2D eigenvalue weighted by Gasteiger charge is -2.08. The summed E-state index contributed by atoms with van der Waals surface area (Å²) in [5.74, 6) is 1.52. The normalized spacial score (nSPS) is 11.4. The molecule has 0 aliphatic rings. The highest BCUT2D eigenvalue weighted by atomic mass is 16.5. The van der Waals surface area contributed by atoms with E-state index >= 15 is 0 Å². The van der Waals surface area contributed by atoms with Crippen molar-refractivity contribution in [3.05, 3.63) is 93.6 Å². The van der Waals surface area contributed by atoms with Gasteiger partial charge >= 0.3 is 11.3 Å². The summed E-state index contributed by atoms with van der Waals surface area (Å²) >= 11 is 0. The zero-order chi connectivity index (χ0) is 24.1. The third kappa shape index (κ3) is 3.36. The molecule has 3 heterocycles. The molecular weight excluding hydrogens is 448 g/mol. The molecule has 7 nitrogen and oxygen atoms in total. The first-order valence-electron chi connectivity index (χ1n) is 10.8. The Kier molecular flexibility index (Phi) is 4.70. The fourth-order valence-corrected chi connectivity index (χ4v) is 4.27. The zero-order valence-electron chi connectivity index (χ0n) is 18.8. The smallest absolute Gasteiger partial charge is 0.347 e. The Hall–Kier alpha value is -4.78. The maximum Gasteiger partial charge on any atom is 0.347 e. The molecule has 0 saturated carbocycles. The molecule has 0 bridgehead atoms. The number of benzene rings is 3. The van der Waals surface area contributed by atoms with Crippen LogP contribution < -0.4 is 20.7 Å². The molecule has 35 heavy (non-hydrogen) atoms. The van der Waals surface area contributed by atoms with Crippen LogP contribution in [0, 0.1) is 0 Å². The van der Waals surface area contributed by atoms with E-state index in [-0.39, 0.29) is 22.6 Å². The SMILES string of the molecule is COc1cc(OC)c2cc(-c3ccc(-c4cc5ccc6ccccc6c5oc4=O)o3)c(=O)oc2c1. The number of ether oxygens (including phenoxy) is 2. The molecule has 7 heteroatoms. The molecule has 0 fully saturated rings. The van der Waals surface area contributed by atoms with E-state index in [0.717, 1.165) is 16.2 Å². The lowest BCUT2D eigenvalue weighted by atomic mass is 10.1. The Bertz CT molecular complexity index is 1870. The van der Waals surface area contributed by atoms with Crippen molar-refractivity contribution in [2.75, 3.05) is 14.2 Å². The van der Waals surface area contributed by atoms with Gasteiger partial charge < -0.3 is 22.7 Å². The molecule has 0 saturated heterocycles. The Balaban J connectivity index is 1.48. The minimum atomic E-state index is -0.592. The summed E-state index contributed by atoms with van der Waals surface area (Å²) in [6.45, 7) is 0. The Morgan fingerprint density at radius 2 is 1.34 bits per heavy atom. The Labute approximate surface area is 197 Å². The van der Waals surface area contributed by atoms with E-state index < -0.39 is 11.3 Å².